The predicted molar refractivity (Wildman–Crippen MR) is 66.4 cm³/mol. The molecule has 0 aromatic carbocycles. The predicted octanol–water partition coefficient (Wildman–Crippen LogP) is 3.88. The van der Waals surface area contributed by atoms with E-state index in [0.717, 1.165) is 16.5 Å². The SMILES string of the molecule is Cc1nc(Sc2ncc(Cl)cc2Cl)[nH]c1C. The van der Waals surface area contributed by atoms with E-state index in [2.05, 4.69) is 15.0 Å². The molecule has 0 aliphatic carbocycles. The molecule has 3 nitrogen and oxygen atoms in total. The van der Waals surface area contributed by atoms with E-state index in [9.17, 15) is 0 Å². The van der Waals surface area contributed by atoms with Gasteiger partial charge in [0.2, 0.25) is 0 Å². The summed E-state index contributed by atoms with van der Waals surface area (Å²) in [6, 6.07) is 1.67. The summed E-state index contributed by atoms with van der Waals surface area (Å²) in [5, 5.41) is 2.54. The average molecular weight is 274 g/mol. The van der Waals surface area contributed by atoms with E-state index >= 15 is 0 Å². The number of nitrogens with one attached hydrogen (secondary N) is 1. The van der Waals surface area contributed by atoms with Gasteiger partial charge in [0, 0.05) is 11.9 Å². The number of imidazole rings is 1. The maximum atomic E-state index is 6.02. The zero-order valence-corrected chi connectivity index (χ0v) is 11.0. The van der Waals surface area contributed by atoms with E-state index in [0.29, 0.717) is 15.1 Å². The summed E-state index contributed by atoms with van der Waals surface area (Å²) < 4.78 is 0. The van der Waals surface area contributed by atoms with Gasteiger partial charge in [0.1, 0.15) is 5.03 Å². The number of H-pyrrole nitrogens is 1. The molecule has 0 atom stereocenters. The molecule has 0 radical (unpaired) electrons. The zero-order chi connectivity index (χ0) is 11.7. The summed E-state index contributed by atoms with van der Waals surface area (Å²) in [6.07, 6.45) is 1.57. The van der Waals surface area contributed by atoms with Crippen LogP contribution >= 0.6 is 35.0 Å². The van der Waals surface area contributed by atoms with E-state index in [1.54, 1.807) is 12.3 Å². The fourth-order valence-corrected chi connectivity index (χ4v) is 2.46. The largest absolute Gasteiger partial charge is 0.337 e. The highest BCUT2D eigenvalue weighted by molar-refractivity contribution is 7.99. The van der Waals surface area contributed by atoms with Gasteiger partial charge in [-0.25, -0.2) is 9.97 Å². The van der Waals surface area contributed by atoms with Gasteiger partial charge in [-0.1, -0.05) is 23.2 Å². The molecule has 0 unspecified atom stereocenters. The second-order valence-electron chi connectivity index (χ2n) is 3.29. The van der Waals surface area contributed by atoms with Crippen molar-refractivity contribution in [3.05, 3.63) is 33.7 Å². The molecule has 0 amide bonds. The van der Waals surface area contributed by atoms with Crippen LogP contribution in [0.15, 0.2) is 22.4 Å². The van der Waals surface area contributed by atoms with E-state index in [4.69, 9.17) is 23.2 Å². The minimum absolute atomic E-state index is 0.529. The van der Waals surface area contributed by atoms with Crippen molar-refractivity contribution in [1.29, 1.82) is 0 Å². The van der Waals surface area contributed by atoms with Gasteiger partial charge in [0.05, 0.1) is 15.7 Å². The Morgan fingerprint density at radius 3 is 2.62 bits per heavy atom. The van der Waals surface area contributed by atoms with E-state index in [-0.39, 0.29) is 0 Å². The topological polar surface area (TPSA) is 41.6 Å². The highest BCUT2D eigenvalue weighted by atomic mass is 35.5. The van der Waals surface area contributed by atoms with Crippen LogP contribution in [0, 0.1) is 13.8 Å². The third-order valence-corrected chi connectivity index (χ3v) is 3.59. The molecule has 0 spiro atoms. The van der Waals surface area contributed by atoms with Crippen LogP contribution in [0.1, 0.15) is 11.4 Å². The number of halogens is 2. The molecule has 2 rings (SSSR count). The maximum Gasteiger partial charge on any atom is 0.172 e. The first-order valence-corrected chi connectivity index (χ1v) is 6.15. The van der Waals surface area contributed by atoms with Crippen LogP contribution in [0.3, 0.4) is 0 Å². The Kier molecular flexibility index (Phi) is 3.42. The maximum absolute atomic E-state index is 6.02. The molecule has 0 saturated carbocycles. The zero-order valence-electron chi connectivity index (χ0n) is 8.71. The number of aromatic amines is 1. The Hall–Kier alpha value is -0.710. The standard InChI is InChI=1S/C10H9Cl2N3S/c1-5-6(2)15-10(14-5)16-9-8(12)3-7(11)4-13-9/h3-4H,1-2H3,(H,14,15). The molecular formula is C10H9Cl2N3S. The van der Waals surface area contributed by atoms with E-state index in [1.807, 2.05) is 13.8 Å². The van der Waals surface area contributed by atoms with E-state index < -0.39 is 0 Å². The first-order chi connectivity index (χ1) is 7.56. The van der Waals surface area contributed by atoms with Crippen molar-refractivity contribution in [1.82, 2.24) is 15.0 Å². The van der Waals surface area contributed by atoms with Crippen LogP contribution in [0.5, 0.6) is 0 Å². The number of aryl methyl sites for hydroxylation is 2. The molecule has 0 aliphatic rings. The first-order valence-electron chi connectivity index (χ1n) is 4.58. The van der Waals surface area contributed by atoms with Crippen molar-refractivity contribution in [2.75, 3.05) is 0 Å². The molecule has 2 aromatic heterocycles. The molecule has 0 aliphatic heterocycles. The van der Waals surface area contributed by atoms with Crippen molar-refractivity contribution in [2.24, 2.45) is 0 Å². The minimum atomic E-state index is 0.529. The van der Waals surface area contributed by atoms with Crippen LogP contribution in [-0.2, 0) is 0 Å². The van der Waals surface area contributed by atoms with Gasteiger partial charge in [-0.15, -0.1) is 0 Å². The summed E-state index contributed by atoms with van der Waals surface area (Å²) in [7, 11) is 0. The number of nitrogens with zero attached hydrogens (tertiary/aromatic N) is 2. The quantitative estimate of drug-likeness (QED) is 0.903. The normalized spacial score (nSPS) is 10.8. The van der Waals surface area contributed by atoms with Gasteiger partial charge in [-0.2, -0.15) is 0 Å². The molecule has 16 heavy (non-hydrogen) atoms. The lowest BCUT2D eigenvalue weighted by atomic mass is 10.4. The molecule has 2 heterocycles. The van der Waals surface area contributed by atoms with Crippen molar-refractivity contribution >= 4 is 35.0 Å². The molecule has 0 fully saturated rings. The Morgan fingerprint density at radius 2 is 2.06 bits per heavy atom. The van der Waals surface area contributed by atoms with Gasteiger partial charge in [-0.3, -0.25) is 0 Å². The van der Waals surface area contributed by atoms with Gasteiger partial charge in [0.15, 0.2) is 5.16 Å². The molecule has 0 bridgehead atoms. The summed E-state index contributed by atoms with van der Waals surface area (Å²) in [4.78, 5) is 11.7. The van der Waals surface area contributed by atoms with Crippen LogP contribution in [0.2, 0.25) is 10.0 Å². The summed E-state index contributed by atoms with van der Waals surface area (Å²) in [5.41, 5.74) is 2.03. The molecule has 0 saturated heterocycles. The van der Waals surface area contributed by atoms with Crippen molar-refractivity contribution in [3.63, 3.8) is 0 Å². The average Bonchev–Trinajstić information content (AvgIpc) is 2.51. The van der Waals surface area contributed by atoms with Crippen LogP contribution in [0.4, 0.5) is 0 Å². The van der Waals surface area contributed by atoms with Crippen molar-refractivity contribution < 1.29 is 0 Å². The number of aromatic nitrogens is 3. The Labute approximate surface area is 108 Å². The van der Waals surface area contributed by atoms with Gasteiger partial charge < -0.3 is 4.98 Å². The highest BCUT2D eigenvalue weighted by Gasteiger charge is 2.09. The van der Waals surface area contributed by atoms with Crippen LogP contribution in [-0.4, -0.2) is 15.0 Å². The summed E-state index contributed by atoms with van der Waals surface area (Å²) in [5.74, 6) is 0. The third-order valence-electron chi connectivity index (χ3n) is 2.07. The van der Waals surface area contributed by atoms with Crippen LogP contribution in [0.25, 0.3) is 0 Å². The molecular weight excluding hydrogens is 265 g/mol. The number of pyridine rings is 1. The van der Waals surface area contributed by atoms with Crippen molar-refractivity contribution in [3.8, 4) is 0 Å². The highest BCUT2D eigenvalue weighted by Crippen LogP contribution is 2.31. The smallest absolute Gasteiger partial charge is 0.172 e. The monoisotopic (exact) mass is 273 g/mol. The second kappa shape index (κ2) is 4.65. The fourth-order valence-electron chi connectivity index (χ4n) is 1.13. The lowest BCUT2D eigenvalue weighted by Crippen LogP contribution is -1.83. The molecule has 2 aromatic rings. The van der Waals surface area contributed by atoms with Crippen molar-refractivity contribution in [2.45, 2.75) is 24.0 Å². The fraction of sp³-hybridized carbons (Fsp3) is 0.200. The summed E-state index contributed by atoms with van der Waals surface area (Å²) in [6.45, 7) is 3.93. The van der Waals surface area contributed by atoms with Gasteiger partial charge in [-0.05, 0) is 31.7 Å². The minimum Gasteiger partial charge on any atom is -0.337 e. The Bertz CT molecular complexity index is 505. The number of hydrogen-bond donors (Lipinski definition) is 1. The second-order valence-corrected chi connectivity index (χ2v) is 5.12. The summed E-state index contributed by atoms with van der Waals surface area (Å²) >= 11 is 13.2. The first kappa shape index (κ1) is 11.8. The molecule has 1 N–H and O–H groups in total. The Morgan fingerprint density at radius 1 is 1.31 bits per heavy atom. The third kappa shape index (κ3) is 2.51. The van der Waals surface area contributed by atoms with Crippen LogP contribution < -0.4 is 0 Å². The number of rotatable bonds is 2. The number of hydrogen-bond acceptors (Lipinski definition) is 3. The molecule has 6 heteroatoms. The molecule has 84 valence electrons. The van der Waals surface area contributed by atoms with Gasteiger partial charge >= 0.3 is 0 Å². The van der Waals surface area contributed by atoms with E-state index in [1.165, 1.54) is 11.8 Å². The van der Waals surface area contributed by atoms with Gasteiger partial charge in [0.25, 0.3) is 0 Å². The Balaban J connectivity index is 2.27. The lowest BCUT2D eigenvalue weighted by Gasteiger charge is -2.00. The lowest BCUT2D eigenvalue weighted by molar-refractivity contribution is 1.02.